The molecule has 0 aliphatic heterocycles. The second kappa shape index (κ2) is 8.92. The van der Waals surface area contributed by atoms with Gasteiger partial charge in [-0.05, 0) is 68.8 Å². The molecular weight excluding hydrogens is 454 g/mol. The van der Waals surface area contributed by atoms with E-state index in [-0.39, 0.29) is 17.7 Å². The fourth-order valence-corrected chi connectivity index (χ4v) is 3.91. The number of carbonyl (C=O) groups excluding carboxylic acids is 2. The van der Waals surface area contributed by atoms with Crippen molar-refractivity contribution in [1.82, 2.24) is 9.97 Å². The Balaban J connectivity index is 1.63. The minimum Gasteiger partial charge on any atom is -0.444 e. The van der Waals surface area contributed by atoms with Gasteiger partial charge < -0.3 is 10.1 Å². The molecule has 8 nitrogen and oxygen atoms in total. The van der Waals surface area contributed by atoms with Crippen LogP contribution in [0, 0.1) is 30.1 Å². The first-order valence-corrected chi connectivity index (χ1v) is 11.2. The number of fused-ring (bicyclic) bond motifs is 1. The second-order valence-corrected chi connectivity index (χ2v) is 9.71. The molecule has 2 heterocycles. The Morgan fingerprint density at radius 2 is 1.94 bits per heavy atom. The molecule has 2 amide bonds. The quantitative estimate of drug-likeness (QED) is 0.497. The van der Waals surface area contributed by atoms with Gasteiger partial charge in [-0.25, -0.2) is 9.78 Å². The van der Waals surface area contributed by atoms with Crippen molar-refractivity contribution >= 4 is 45.9 Å². The lowest BCUT2D eigenvalue weighted by molar-refractivity contribution is -0.117. The lowest BCUT2D eigenvalue weighted by Gasteiger charge is -2.20. The number of aromatic nitrogens is 2. The number of amides is 2. The van der Waals surface area contributed by atoms with Crippen molar-refractivity contribution in [2.75, 3.05) is 10.6 Å². The number of pyridine rings is 2. The zero-order valence-corrected chi connectivity index (χ0v) is 20.0. The van der Waals surface area contributed by atoms with Crippen LogP contribution in [0.4, 0.5) is 16.3 Å². The maximum absolute atomic E-state index is 12.3. The summed E-state index contributed by atoms with van der Waals surface area (Å²) in [6.07, 6.45) is 4.89. The van der Waals surface area contributed by atoms with Gasteiger partial charge in [0, 0.05) is 23.3 Å². The minimum absolute atomic E-state index is 0.207. The lowest BCUT2D eigenvalue weighted by Crippen LogP contribution is -2.27. The Kier molecular flexibility index (Phi) is 6.15. The van der Waals surface area contributed by atoms with Gasteiger partial charge in [0.1, 0.15) is 11.4 Å². The fourth-order valence-electron chi connectivity index (χ4n) is 3.64. The zero-order valence-electron chi connectivity index (χ0n) is 19.3. The summed E-state index contributed by atoms with van der Waals surface area (Å²) >= 11 is 6.54. The largest absolute Gasteiger partial charge is 0.444 e. The minimum atomic E-state index is -0.620. The summed E-state index contributed by atoms with van der Waals surface area (Å²) in [5.74, 6) is -0.323. The van der Waals surface area contributed by atoms with Crippen LogP contribution in [0.1, 0.15) is 32.8 Å². The van der Waals surface area contributed by atoms with Crippen LogP contribution in [0.15, 0.2) is 36.8 Å². The van der Waals surface area contributed by atoms with Crippen molar-refractivity contribution in [2.24, 2.45) is 11.8 Å². The Hall–Kier alpha value is -3.70. The van der Waals surface area contributed by atoms with Crippen molar-refractivity contribution in [1.29, 1.82) is 5.26 Å². The monoisotopic (exact) mass is 477 g/mol. The van der Waals surface area contributed by atoms with Crippen LogP contribution in [0.25, 0.3) is 21.9 Å². The van der Waals surface area contributed by atoms with E-state index in [1.807, 2.05) is 19.1 Å². The van der Waals surface area contributed by atoms with Crippen LogP contribution in [0.3, 0.4) is 0 Å². The summed E-state index contributed by atoms with van der Waals surface area (Å²) in [6, 6.07) is 7.60. The van der Waals surface area contributed by atoms with Crippen LogP contribution in [0.5, 0.6) is 0 Å². The predicted octanol–water partition coefficient (Wildman–Crippen LogP) is 5.70. The highest BCUT2D eigenvalue weighted by atomic mass is 35.5. The third-order valence-corrected chi connectivity index (χ3v) is 5.81. The van der Waals surface area contributed by atoms with Gasteiger partial charge in [-0.15, -0.1) is 0 Å². The molecule has 1 aliphatic rings. The number of anilines is 2. The smallest absolute Gasteiger partial charge is 0.412 e. The van der Waals surface area contributed by atoms with Gasteiger partial charge in [-0.2, -0.15) is 5.26 Å². The maximum atomic E-state index is 12.3. The number of nitrogens with zero attached hydrogens (tertiary/aromatic N) is 3. The molecule has 174 valence electrons. The van der Waals surface area contributed by atoms with Gasteiger partial charge >= 0.3 is 6.09 Å². The Bertz CT molecular complexity index is 1340. The summed E-state index contributed by atoms with van der Waals surface area (Å²) in [5.41, 5.74) is 2.29. The molecule has 1 aliphatic carbocycles. The molecule has 0 saturated heterocycles. The van der Waals surface area contributed by atoms with E-state index in [4.69, 9.17) is 21.6 Å². The van der Waals surface area contributed by atoms with Gasteiger partial charge in [-0.1, -0.05) is 11.6 Å². The van der Waals surface area contributed by atoms with Crippen molar-refractivity contribution in [2.45, 2.75) is 39.7 Å². The van der Waals surface area contributed by atoms with Crippen LogP contribution in [-0.4, -0.2) is 27.6 Å². The highest BCUT2D eigenvalue weighted by Gasteiger charge is 2.43. The first-order valence-electron chi connectivity index (χ1n) is 10.8. The van der Waals surface area contributed by atoms with Crippen LogP contribution in [-0.2, 0) is 9.53 Å². The lowest BCUT2D eigenvalue weighted by atomic mass is 9.99. The Labute approximate surface area is 202 Å². The molecule has 1 saturated carbocycles. The highest BCUT2D eigenvalue weighted by Crippen LogP contribution is 2.39. The van der Waals surface area contributed by atoms with E-state index in [0.717, 1.165) is 27.5 Å². The standard InChI is InChI=1S/C25H24ClN5O3/c1-13-18(10-28-12-21(13)30-24(33)34-25(2,3)4)14-5-15-8-22(29-11-19(15)20(26)7-14)31-23(32)17-6-16(17)9-27/h5,7-8,10-12,16-17H,6H2,1-4H3,(H,30,33)(H,29,31,32). The number of hydrogen-bond acceptors (Lipinski definition) is 6. The average molecular weight is 478 g/mol. The molecule has 3 aromatic rings. The number of rotatable bonds is 4. The molecule has 1 aromatic carbocycles. The topological polar surface area (TPSA) is 117 Å². The Morgan fingerprint density at radius 3 is 2.62 bits per heavy atom. The number of hydrogen-bond donors (Lipinski definition) is 2. The summed E-state index contributed by atoms with van der Waals surface area (Å²) < 4.78 is 5.34. The molecule has 0 spiro atoms. The molecule has 9 heteroatoms. The van der Waals surface area contributed by atoms with Crippen molar-refractivity contribution < 1.29 is 14.3 Å². The summed E-state index contributed by atoms with van der Waals surface area (Å²) in [6.45, 7) is 7.26. The summed E-state index contributed by atoms with van der Waals surface area (Å²) in [7, 11) is 0. The van der Waals surface area contributed by atoms with Gasteiger partial charge in [0.15, 0.2) is 0 Å². The molecular formula is C25H24ClN5O3. The van der Waals surface area contributed by atoms with Gasteiger partial charge in [0.25, 0.3) is 0 Å². The van der Waals surface area contributed by atoms with Crippen LogP contribution < -0.4 is 10.6 Å². The van der Waals surface area contributed by atoms with Crippen molar-refractivity contribution in [3.63, 3.8) is 0 Å². The number of nitriles is 1. The number of halogens is 1. The molecule has 2 atom stereocenters. The van der Waals surface area contributed by atoms with E-state index >= 15 is 0 Å². The average Bonchev–Trinajstić information content (AvgIpc) is 3.54. The maximum Gasteiger partial charge on any atom is 0.412 e. The highest BCUT2D eigenvalue weighted by molar-refractivity contribution is 6.36. The molecule has 2 unspecified atom stereocenters. The number of nitrogens with one attached hydrogen (secondary N) is 2. The van der Waals surface area contributed by atoms with E-state index in [9.17, 15) is 9.59 Å². The Morgan fingerprint density at radius 1 is 1.18 bits per heavy atom. The normalized spacial score (nSPS) is 17.1. The molecule has 0 bridgehead atoms. The number of ether oxygens (including phenoxy) is 1. The SMILES string of the molecule is Cc1c(NC(=O)OC(C)(C)C)cncc1-c1cc(Cl)c2cnc(NC(=O)C3CC3C#N)cc2c1. The van der Waals surface area contributed by atoms with E-state index in [1.54, 1.807) is 45.4 Å². The van der Waals surface area contributed by atoms with Crippen LogP contribution >= 0.6 is 11.6 Å². The number of benzene rings is 1. The first kappa shape index (κ1) is 23.5. The first-order chi connectivity index (χ1) is 16.1. The molecule has 34 heavy (non-hydrogen) atoms. The van der Waals surface area contributed by atoms with E-state index < -0.39 is 11.7 Å². The third kappa shape index (κ3) is 5.10. The van der Waals surface area contributed by atoms with Crippen molar-refractivity contribution in [3.05, 3.63) is 47.4 Å². The number of carbonyl (C=O) groups is 2. The molecule has 0 radical (unpaired) electrons. The molecule has 2 N–H and O–H groups in total. The summed E-state index contributed by atoms with van der Waals surface area (Å²) in [5, 5.41) is 16.5. The van der Waals surface area contributed by atoms with E-state index in [0.29, 0.717) is 22.9 Å². The molecule has 4 rings (SSSR count). The second-order valence-electron chi connectivity index (χ2n) is 9.30. The zero-order chi connectivity index (χ0) is 24.6. The molecule has 1 fully saturated rings. The van der Waals surface area contributed by atoms with Gasteiger partial charge in [0.05, 0.1) is 34.8 Å². The predicted molar refractivity (Wildman–Crippen MR) is 130 cm³/mol. The van der Waals surface area contributed by atoms with Gasteiger partial charge in [0.2, 0.25) is 5.91 Å². The van der Waals surface area contributed by atoms with Crippen molar-refractivity contribution in [3.8, 4) is 17.2 Å². The fraction of sp³-hybridized carbons (Fsp3) is 0.320. The third-order valence-electron chi connectivity index (χ3n) is 5.49. The van der Waals surface area contributed by atoms with E-state index in [2.05, 4.69) is 26.7 Å². The summed E-state index contributed by atoms with van der Waals surface area (Å²) in [4.78, 5) is 33.1. The molecule has 2 aromatic heterocycles. The van der Waals surface area contributed by atoms with Gasteiger partial charge in [-0.3, -0.25) is 15.1 Å². The van der Waals surface area contributed by atoms with Crippen LogP contribution in [0.2, 0.25) is 5.02 Å². The van der Waals surface area contributed by atoms with E-state index in [1.165, 1.54) is 0 Å².